The summed E-state index contributed by atoms with van der Waals surface area (Å²) in [5.74, 6) is 4.10. The molecule has 116 heavy (non-hydrogen) atoms. The van der Waals surface area contributed by atoms with Crippen LogP contribution in [-0.4, -0.2) is 186 Å². The Morgan fingerprint density at radius 1 is 0.397 bits per heavy atom. The molecule has 0 radical (unpaired) electrons. The average Bonchev–Trinajstić information content (AvgIpc) is 1.57. The SMILES string of the molecule is CCc1nc2ccc(-c3cc(=O)n4cc(N5CCNCC5)ccc4n3)cc2o1.CCc1nc2ccc(-c3cc(=O)n4cc(N5CCN[C@@H](C)C5)ccc4n3)cc2o1.Cc1nc2ccc(-c3cc(=O)n4cc(N5CC[C@@H](N(C)C)C5)ccc4n3)cc2o1.Cc1nc2ccc(-c3cc(=O)n4cc(N5C[C@H]6CN(C)C[C@H]6C5)ccc4n3)cc2o1. The quantitative estimate of drug-likeness (QED) is 0.122. The standard InChI is InChI=1S/C23H23N5O2.2C22H23N5O2.C21H21N5O2/c1-14-24-19-5-3-15(7-21(19)30-14)20-8-23(29)28-13-18(4-6-22(28)25-20)27-11-16-9-26(2)10-17(16)12-27;1-14-23-18-6-4-15(10-20(18)29-14)19-11-22(28)27-13-17(5-7-21(27)24-19)26-9-8-16(12-26)25(2)3;1-3-21-25-17-6-4-15(10-19(17)29-21)18-11-22(28)27-13-16(5-7-20(27)24-18)26-9-8-23-14(2)12-26;1-2-20-24-16-5-3-14(11-18(16)28-20)17-12-21(27)26-13-15(4-6-19(26)23-17)25-9-7-22-8-10-25/h3-8,13,16-17H,9-12H2,1-2H3;4-7,10-11,13,16H,8-9,12H2,1-3H3;4-7,10-11,13-14,23H,3,8-9,12H2,1-2H3;3-6,11-13,22H,2,7-10H2,1H3/t16-,17+;16-;14-;/m.10./s1. The predicted molar refractivity (Wildman–Crippen MR) is 452 cm³/mol. The number of likely N-dealkylation sites (tertiary alicyclic amines) is 1. The Bertz CT molecular complexity index is 6670. The lowest BCUT2D eigenvalue weighted by molar-refractivity contribution is 0.315. The molecule has 16 aromatic rings. The Labute approximate surface area is 666 Å². The predicted octanol–water partition coefficient (Wildman–Crippen LogP) is 11.1. The summed E-state index contributed by atoms with van der Waals surface area (Å²) >= 11 is 0. The van der Waals surface area contributed by atoms with Crippen molar-refractivity contribution in [1.29, 1.82) is 0 Å². The number of hydrogen-bond donors (Lipinski definition) is 2. The van der Waals surface area contributed by atoms with Gasteiger partial charge in [0.25, 0.3) is 22.2 Å². The molecule has 0 spiro atoms. The van der Waals surface area contributed by atoms with Gasteiger partial charge in [-0.2, -0.15) is 0 Å². The second-order valence-corrected chi connectivity index (χ2v) is 31.0. The van der Waals surface area contributed by atoms with Crippen molar-refractivity contribution in [3.63, 3.8) is 0 Å². The van der Waals surface area contributed by atoms with Crippen molar-refractivity contribution in [2.75, 3.05) is 126 Å². The largest absolute Gasteiger partial charge is 0.441 e. The highest BCUT2D eigenvalue weighted by molar-refractivity contribution is 5.83. The van der Waals surface area contributed by atoms with Gasteiger partial charge < -0.3 is 57.7 Å². The van der Waals surface area contributed by atoms with Gasteiger partial charge in [0.05, 0.1) is 45.5 Å². The fourth-order valence-corrected chi connectivity index (χ4v) is 16.6. The van der Waals surface area contributed by atoms with Crippen LogP contribution < -0.4 is 52.5 Å². The zero-order chi connectivity index (χ0) is 79.6. The molecule has 17 heterocycles. The smallest absolute Gasteiger partial charge is 0.258 e. The number of pyridine rings is 4. The van der Waals surface area contributed by atoms with Crippen molar-refractivity contribution in [2.24, 2.45) is 11.8 Å². The van der Waals surface area contributed by atoms with Gasteiger partial charge in [0.15, 0.2) is 45.9 Å². The molecule has 12 aromatic heterocycles. The molecule has 4 atom stereocenters. The van der Waals surface area contributed by atoms with Gasteiger partial charge in [-0.15, -0.1) is 0 Å². The first kappa shape index (κ1) is 74.6. The highest BCUT2D eigenvalue weighted by Crippen LogP contribution is 2.35. The second-order valence-electron chi connectivity index (χ2n) is 31.0. The molecule has 0 aliphatic carbocycles. The van der Waals surface area contributed by atoms with E-state index >= 15 is 0 Å². The van der Waals surface area contributed by atoms with E-state index in [-0.39, 0.29) is 22.2 Å². The molecule has 0 saturated carbocycles. The van der Waals surface area contributed by atoms with E-state index in [2.05, 4.69) is 94.1 Å². The lowest BCUT2D eigenvalue weighted by Crippen LogP contribution is -2.49. The molecule has 28 nitrogen and oxygen atoms in total. The molecule has 0 bridgehead atoms. The number of rotatable bonds is 11. The maximum Gasteiger partial charge on any atom is 0.258 e. The van der Waals surface area contributed by atoms with Crippen molar-refractivity contribution in [1.82, 2.24) is 77.9 Å². The zero-order valence-corrected chi connectivity index (χ0v) is 66.1. The summed E-state index contributed by atoms with van der Waals surface area (Å²) in [6.07, 6.45) is 10.2. The van der Waals surface area contributed by atoms with Gasteiger partial charge in [0, 0.05) is 195 Å². The van der Waals surface area contributed by atoms with Crippen LogP contribution in [0.2, 0.25) is 0 Å². The van der Waals surface area contributed by atoms with Gasteiger partial charge in [-0.05, 0) is 143 Å². The van der Waals surface area contributed by atoms with Gasteiger partial charge in [0.2, 0.25) is 0 Å². The summed E-state index contributed by atoms with van der Waals surface area (Å²) in [4.78, 5) is 102. The Morgan fingerprint density at radius 2 is 0.759 bits per heavy atom. The fourth-order valence-electron chi connectivity index (χ4n) is 16.6. The lowest BCUT2D eigenvalue weighted by atomic mass is 10.0. The minimum atomic E-state index is -0.0954. The van der Waals surface area contributed by atoms with Gasteiger partial charge in [-0.25, -0.2) is 39.9 Å². The fraction of sp³-hybridized carbons (Fsp3) is 0.318. The van der Waals surface area contributed by atoms with Crippen LogP contribution in [0, 0.1) is 25.7 Å². The van der Waals surface area contributed by atoms with E-state index < -0.39 is 0 Å². The van der Waals surface area contributed by atoms with Crippen LogP contribution in [0.1, 0.15) is 50.8 Å². The Hall–Kier alpha value is -12.8. The van der Waals surface area contributed by atoms with Crippen molar-refractivity contribution in [3.05, 3.63) is 235 Å². The monoisotopic (exact) mass is 1550 g/mol. The minimum Gasteiger partial charge on any atom is -0.441 e. The van der Waals surface area contributed by atoms with E-state index in [9.17, 15) is 19.2 Å². The first-order chi connectivity index (χ1) is 56.3. The van der Waals surface area contributed by atoms with E-state index in [1.165, 1.54) is 0 Å². The van der Waals surface area contributed by atoms with Crippen LogP contribution in [0.3, 0.4) is 0 Å². The molecule has 0 unspecified atom stereocenters. The molecule has 590 valence electrons. The summed E-state index contributed by atoms with van der Waals surface area (Å²) in [5.41, 5.74) is 18.4. The number of aryl methyl sites for hydroxylation is 4. The van der Waals surface area contributed by atoms with Crippen LogP contribution in [0.15, 0.2) is 207 Å². The molecule has 21 rings (SSSR count). The van der Waals surface area contributed by atoms with E-state index in [1.54, 1.807) is 41.9 Å². The molecular formula is C88H90N20O8. The number of likely N-dealkylation sites (N-methyl/N-ethyl adjacent to an activating group) is 1. The minimum absolute atomic E-state index is 0.0789. The summed E-state index contributed by atoms with van der Waals surface area (Å²) in [7, 11) is 6.42. The first-order valence-corrected chi connectivity index (χ1v) is 39.8. The second kappa shape index (κ2) is 31.2. The van der Waals surface area contributed by atoms with Crippen molar-refractivity contribution in [2.45, 2.75) is 66.0 Å². The molecule has 0 amide bonds. The molecule has 5 aliphatic rings. The van der Waals surface area contributed by atoms with Gasteiger partial charge in [-0.1, -0.05) is 38.1 Å². The molecule has 5 aliphatic heterocycles. The van der Waals surface area contributed by atoms with Crippen molar-refractivity contribution < 1.29 is 17.7 Å². The van der Waals surface area contributed by atoms with Crippen LogP contribution in [0.25, 0.3) is 112 Å². The van der Waals surface area contributed by atoms with Gasteiger partial charge in [-0.3, -0.25) is 36.8 Å². The van der Waals surface area contributed by atoms with E-state index in [1.807, 2.05) is 168 Å². The summed E-state index contributed by atoms with van der Waals surface area (Å²) in [6, 6.07) is 46.0. The molecule has 5 saturated heterocycles. The number of benzene rings is 4. The third-order valence-electron chi connectivity index (χ3n) is 22.7. The van der Waals surface area contributed by atoms with Crippen molar-refractivity contribution >= 4 is 89.7 Å². The molecule has 28 heteroatoms. The number of nitrogens with zero attached hydrogens (tertiary/aromatic N) is 18. The number of fused-ring (bicyclic) bond motifs is 9. The Morgan fingerprint density at radius 3 is 1.14 bits per heavy atom. The van der Waals surface area contributed by atoms with Gasteiger partial charge >= 0.3 is 0 Å². The highest BCUT2D eigenvalue weighted by atomic mass is 16.4. The topological polar surface area (TPSA) is 285 Å². The molecule has 2 N–H and O–H groups in total. The maximum atomic E-state index is 12.9. The average molecular weight is 1560 g/mol. The van der Waals surface area contributed by atoms with E-state index in [4.69, 9.17) is 37.6 Å². The van der Waals surface area contributed by atoms with Gasteiger partial charge in [0.1, 0.15) is 44.7 Å². The highest BCUT2D eigenvalue weighted by Gasteiger charge is 2.39. The normalized spacial score (nSPS) is 17.8. The summed E-state index contributed by atoms with van der Waals surface area (Å²) in [6.45, 7) is 22.8. The van der Waals surface area contributed by atoms with Crippen LogP contribution in [0.5, 0.6) is 0 Å². The third kappa shape index (κ3) is 15.3. The Kier molecular flexibility index (Phi) is 20.1. The number of anilines is 4. The van der Waals surface area contributed by atoms with Crippen LogP contribution in [0.4, 0.5) is 22.7 Å². The van der Waals surface area contributed by atoms with E-state index in [0.717, 1.165) is 183 Å². The Balaban J connectivity index is 0.000000107. The molecule has 5 fully saturated rings. The van der Waals surface area contributed by atoms with Crippen molar-refractivity contribution in [3.8, 4) is 45.0 Å². The third-order valence-corrected chi connectivity index (χ3v) is 22.7. The number of nitrogens with one attached hydrogen (secondary N) is 2. The van der Waals surface area contributed by atoms with E-state index in [0.29, 0.717) is 103 Å². The van der Waals surface area contributed by atoms with Crippen LogP contribution in [-0.2, 0) is 12.8 Å². The number of piperazine rings is 2. The molecule has 4 aromatic carbocycles. The number of oxazole rings is 4. The summed E-state index contributed by atoms with van der Waals surface area (Å²) < 4.78 is 29.3. The number of hydrogen-bond acceptors (Lipinski definition) is 24. The first-order valence-electron chi connectivity index (χ1n) is 39.8. The van der Waals surface area contributed by atoms with Crippen LogP contribution >= 0.6 is 0 Å². The summed E-state index contributed by atoms with van der Waals surface area (Å²) in [5, 5.41) is 6.78. The maximum absolute atomic E-state index is 12.9. The number of aromatic nitrogens is 12. The molecular weight excluding hydrogens is 1470 g/mol. The lowest BCUT2D eigenvalue weighted by Gasteiger charge is -2.33. The zero-order valence-electron chi connectivity index (χ0n) is 66.1.